The van der Waals surface area contributed by atoms with Crippen molar-refractivity contribution < 1.29 is 9.53 Å². The lowest BCUT2D eigenvalue weighted by Gasteiger charge is -2.15. The number of hydrogen-bond acceptors (Lipinski definition) is 2. The Kier molecular flexibility index (Phi) is 3.90. The van der Waals surface area contributed by atoms with E-state index in [1.165, 1.54) is 25.7 Å². The Morgan fingerprint density at radius 3 is 2.65 bits per heavy atom. The molecule has 0 heterocycles. The second-order valence-electron chi connectivity index (χ2n) is 5.97. The van der Waals surface area contributed by atoms with E-state index >= 15 is 0 Å². The van der Waals surface area contributed by atoms with E-state index in [9.17, 15) is 4.79 Å². The molecule has 0 bridgehead atoms. The number of methoxy groups -OCH3 is 1. The van der Waals surface area contributed by atoms with Crippen molar-refractivity contribution in [2.24, 2.45) is 11.8 Å². The fraction of sp³-hybridized carbons (Fsp3) is 0.500. The predicted octanol–water partition coefficient (Wildman–Crippen LogP) is 4.25. The van der Waals surface area contributed by atoms with Crippen LogP contribution in [0.25, 0.3) is 6.08 Å². The van der Waals surface area contributed by atoms with Gasteiger partial charge in [-0.1, -0.05) is 31.0 Å². The van der Waals surface area contributed by atoms with Crippen LogP contribution >= 0.6 is 0 Å². The fourth-order valence-electron chi connectivity index (χ4n) is 3.73. The topological polar surface area (TPSA) is 26.3 Å². The van der Waals surface area contributed by atoms with Crippen LogP contribution in [0, 0.1) is 11.8 Å². The van der Waals surface area contributed by atoms with Gasteiger partial charge in [0.05, 0.1) is 7.11 Å². The van der Waals surface area contributed by atoms with Crippen LogP contribution < -0.4 is 4.74 Å². The highest BCUT2D eigenvalue weighted by atomic mass is 16.5. The van der Waals surface area contributed by atoms with E-state index in [4.69, 9.17) is 4.74 Å². The van der Waals surface area contributed by atoms with Crippen molar-refractivity contribution in [1.82, 2.24) is 0 Å². The molecule has 1 aromatic carbocycles. The van der Waals surface area contributed by atoms with Gasteiger partial charge in [-0.2, -0.15) is 0 Å². The van der Waals surface area contributed by atoms with Gasteiger partial charge in [-0.3, -0.25) is 4.79 Å². The quantitative estimate of drug-likeness (QED) is 0.768. The first kappa shape index (κ1) is 13.4. The molecule has 2 aliphatic rings. The standard InChI is InChI=1S/C18H22O2/c1-20-17-9-5-4-8-14(17)12-15-10-11-16(18(15)19)13-6-2-3-7-13/h4-5,8-9,12-13,16H,2-3,6-7,10-11H2,1H3/b15-12+. The summed E-state index contributed by atoms with van der Waals surface area (Å²) >= 11 is 0. The van der Waals surface area contributed by atoms with Crippen LogP contribution in [0.5, 0.6) is 5.75 Å². The molecule has 0 N–H and O–H groups in total. The summed E-state index contributed by atoms with van der Waals surface area (Å²) in [5, 5.41) is 0. The molecule has 0 aliphatic heterocycles. The Labute approximate surface area is 120 Å². The predicted molar refractivity (Wildman–Crippen MR) is 80.7 cm³/mol. The highest BCUT2D eigenvalue weighted by Gasteiger charge is 2.36. The van der Waals surface area contributed by atoms with Crippen LogP contribution in [0.4, 0.5) is 0 Å². The van der Waals surface area contributed by atoms with Crippen molar-refractivity contribution in [3.05, 3.63) is 35.4 Å². The van der Waals surface area contributed by atoms with Crippen LogP contribution in [-0.2, 0) is 4.79 Å². The number of carbonyl (C=O) groups is 1. The molecular weight excluding hydrogens is 248 g/mol. The third-order valence-electron chi connectivity index (χ3n) is 4.82. The molecule has 20 heavy (non-hydrogen) atoms. The molecule has 0 radical (unpaired) electrons. The summed E-state index contributed by atoms with van der Waals surface area (Å²) in [6.07, 6.45) is 9.12. The molecule has 0 saturated heterocycles. The zero-order valence-electron chi connectivity index (χ0n) is 12.1. The molecule has 0 spiro atoms. The van der Waals surface area contributed by atoms with Crippen molar-refractivity contribution in [3.8, 4) is 5.75 Å². The summed E-state index contributed by atoms with van der Waals surface area (Å²) in [6, 6.07) is 7.91. The van der Waals surface area contributed by atoms with Crippen LogP contribution in [-0.4, -0.2) is 12.9 Å². The van der Waals surface area contributed by atoms with Gasteiger partial charge in [0.15, 0.2) is 5.78 Å². The number of ketones is 1. The summed E-state index contributed by atoms with van der Waals surface area (Å²) in [6.45, 7) is 0. The minimum absolute atomic E-state index is 0.290. The van der Waals surface area contributed by atoms with Crippen LogP contribution in [0.15, 0.2) is 29.8 Å². The number of rotatable bonds is 3. The van der Waals surface area contributed by atoms with Crippen molar-refractivity contribution >= 4 is 11.9 Å². The van der Waals surface area contributed by atoms with Gasteiger partial charge < -0.3 is 4.74 Å². The number of carbonyl (C=O) groups excluding carboxylic acids is 1. The lowest BCUT2D eigenvalue weighted by atomic mass is 9.88. The fourth-order valence-corrected chi connectivity index (χ4v) is 3.73. The molecule has 2 fully saturated rings. The van der Waals surface area contributed by atoms with E-state index in [2.05, 4.69) is 0 Å². The molecule has 1 unspecified atom stereocenters. The van der Waals surface area contributed by atoms with E-state index in [1.807, 2.05) is 30.3 Å². The first-order valence-electron chi connectivity index (χ1n) is 7.67. The third-order valence-corrected chi connectivity index (χ3v) is 4.82. The first-order valence-corrected chi connectivity index (χ1v) is 7.67. The van der Waals surface area contributed by atoms with Gasteiger partial charge in [0.1, 0.15) is 5.75 Å². The normalized spacial score (nSPS) is 25.6. The zero-order chi connectivity index (χ0) is 13.9. The Balaban J connectivity index is 1.81. The van der Waals surface area contributed by atoms with E-state index in [0.29, 0.717) is 17.6 Å². The maximum absolute atomic E-state index is 12.6. The maximum Gasteiger partial charge on any atom is 0.162 e. The molecule has 1 aromatic rings. The van der Waals surface area contributed by atoms with Crippen LogP contribution in [0.3, 0.4) is 0 Å². The molecule has 106 valence electrons. The van der Waals surface area contributed by atoms with E-state index < -0.39 is 0 Å². The monoisotopic (exact) mass is 270 g/mol. The van der Waals surface area contributed by atoms with Crippen molar-refractivity contribution in [3.63, 3.8) is 0 Å². The molecule has 0 amide bonds. The molecule has 2 nitrogen and oxygen atoms in total. The maximum atomic E-state index is 12.6. The highest BCUT2D eigenvalue weighted by molar-refractivity contribution is 6.03. The van der Waals surface area contributed by atoms with Gasteiger partial charge in [0, 0.05) is 11.5 Å². The van der Waals surface area contributed by atoms with Gasteiger partial charge in [-0.15, -0.1) is 0 Å². The van der Waals surface area contributed by atoms with E-state index in [0.717, 1.165) is 29.7 Å². The Bertz CT molecular complexity index is 524. The summed E-state index contributed by atoms with van der Waals surface area (Å²) in [5.74, 6) is 2.17. The Hall–Kier alpha value is -1.57. The van der Waals surface area contributed by atoms with Gasteiger partial charge in [-0.25, -0.2) is 0 Å². The Morgan fingerprint density at radius 2 is 1.90 bits per heavy atom. The molecule has 1 atom stereocenters. The van der Waals surface area contributed by atoms with E-state index in [-0.39, 0.29) is 0 Å². The minimum Gasteiger partial charge on any atom is -0.496 e. The number of allylic oxidation sites excluding steroid dienone is 1. The molecule has 3 rings (SSSR count). The number of benzene rings is 1. The molecule has 2 heteroatoms. The zero-order valence-corrected chi connectivity index (χ0v) is 12.1. The summed E-state index contributed by atoms with van der Waals surface area (Å²) in [5.41, 5.74) is 2.01. The lowest BCUT2D eigenvalue weighted by Crippen LogP contribution is -2.16. The van der Waals surface area contributed by atoms with Gasteiger partial charge >= 0.3 is 0 Å². The third kappa shape index (κ3) is 2.52. The first-order chi connectivity index (χ1) is 9.79. The SMILES string of the molecule is COc1ccccc1/C=C1\CCC(C2CCCC2)C1=O. The van der Waals surface area contributed by atoms with Crippen molar-refractivity contribution in [1.29, 1.82) is 0 Å². The number of hydrogen-bond donors (Lipinski definition) is 0. The van der Waals surface area contributed by atoms with Crippen LogP contribution in [0.2, 0.25) is 0 Å². The largest absolute Gasteiger partial charge is 0.496 e. The second-order valence-corrected chi connectivity index (χ2v) is 5.97. The summed E-state index contributed by atoms with van der Waals surface area (Å²) in [7, 11) is 1.68. The highest BCUT2D eigenvalue weighted by Crippen LogP contribution is 2.41. The van der Waals surface area contributed by atoms with Crippen molar-refractivity contribution in [2.45, 2.75) is 38.5 Å². The molecule has 0 aromatic heterocycles. The number of Topliss-reactive ketones (excluding diaryl/α,β-unsaturated/α-hetero) is 1. The number of ether oxygens (including phenoxy) is 1. The van der Waals surface area contributed by atoms with Gasteiger partial charge in [0.25, 0.3) is 0 Å². The summed E-state index contributed by atoms with van der Waals surface area (Å²) in [4.78, 5) is 12.6. The molecule has 2 aliphatic carbocycles. The van der Waals surface area contributed by atoms with Crippen molar-refractivity contribution in [2.75, 3.05) is 7.11 Å². The smallest absolute Gasteiger partial charge is 0.162 e. The number of para-hydroxylation sites is 1. The lowest BCUT2D eigenvalue weighted by molar-refractivity contribution is -0.119. The van der Waals surface area contributed by atoms with E-state index in [1.54, 1.807) is 7.11 Å². The van der Waals surface area contributed by atoms with Crippen LogP contribution in [0.1, 0.15) is 44.1 Å². The molecule has 2 saturated carbocycles. The average molecular weight is 270 g/mol. The second kappa shape index (κ2) is 5.82. The van der Waals surface area contributed by atoms with Gasteiger partial charge in [0.2, 0.25) is 0 Å². The van der Waals surface area contributed by atoms with Gasteiger partial charge in [-0.05, 0) is 49.3 Å². The summed E-state index contributed by atoms with van der Waals surface area (Å²) < 4.78 is 5.36. The average Bonchev–Trinajstić information content (AvgIpc) is 3.10. The minimum atomic E-state index is 0.290. The molecular formula is C18H22O2. The Morgan fingerprint density at radius 1 is 1.15 bits per heavy atom.